The van der Waals surface area contributed by atoms with Gasteiger partial charge in [0.2, 0.25) is 11.8 Å². The molecule has 2 unspecified atom stereocenters. The summed E-state index contributed by atoms with van der Waals surface area (Å²) in [5.74, 6) is -0.563. The Balaban J connectivity index is 1.85. The molecule has 0 aromatic heterocycles. The summed E-state index contributed by atoms with van der Waals surface area (Å²) in [6.45, 7) is 3.10. The fraction of sp³-hybridized carbons (Fsp3) is 0.769. The van der Waals surface area contributed by atoms with Gasteiger partial charge in [0.05, 0.1) is 6.61 Å². The van der Waals surface area contributed by atoms with E-state index in [0.29, 0.717) is 26.1 Å². The van der Waals surface area contributed by atoms with Gasteiger partial charge in [-0.1, -0.05) is 6.42 Å². The van der Waals surface area contributed by atoms with Crippen molar-refractivity contribution < 1.29 is 19.1 Å². The van der Waals surface area contributed by atoms with Gasteiger partial charge < -0.3 is 4.74 Å². The second-order valence-electron chi connectivity index (χ2n) is 5.73. The van der Waals surface area contributed by atoms with E-state index in [-0.39, 0.29) is 17.9 Å². The molecular weight excluding hydrogens is 248 g/mol. The first kappa shape index (κ1) is 12.6. The predicted octanol–water partition coefficient (Wildman–Crippen LogP) is 0.660. The first-order valence-electron chi connectivity index (χ1n) is 6.83. The van der Waals surface area contributed by atoms with Crippen LogP contribution in [0.4, 0.5) is 4.79 Å². The highest BCUT2D eigenvalue weighted by Gasteiger charge is 2.58. The van der Waals surface area contributed by atoms with E-state index in [9.17, 15) is 14.4 Å². The molecule has 6 nitrogen and oxygen atoms in total. The van der Waals surface area contributed by atoms with Crippen molar-refractivity contribution in [2.24, 2.45) is 11.3 Å². The molecule has 104 valence electrons. The average Bonchev–Trinajstić information content (AvgIpc) is 2.79. The highest BCUT2D eigenvalue weighted by molar-refractivity contribution is 6.19. The maximum Gasteiger partial charge on any atom is 0.331 e. The van der Waals surface area contributed by atoms with Crippen LogP contribution in [0.5, 0.6) is 0 Å². The Morgan fingerprint density at radius 1 is 1.37 bits per heavy atom. The summed E-state index contributed by atoms with van der Waals surface area (Å²) in [6.07, 6.45) is 2.81. The van der Waals surface area contributed by atoms with E-state index in [1.165, 1.54) is 4.90 Å². The first-order chi connectivity index (χ1) is 9.06. The lowest BCUT2D eigenvalue weighted by atomic mass is 9.66. The second-order valence-corrected chi connectivity index (χ2v) is 5.73. The lowest BCUT2D eigenvalue weighted by Gasteiger charge is -2.46. The zero-order valence-corrected chi connectivity index (χ0v) is 11.0. The van der Waals surface area contributed by atoms with Gasteiger partial charge in [0.1, 0.15) is 5.41 Å². The molecular formula is C13H18N2O4. The summed E-state index contributed by atoms with van der Waals surface area (Å²) < 4.78 is 5.32. The molecule has 1 N–H and O–H groups in total. The average molecular weight is 266 g/mol. The third-order valence-electron chi connectivity index (χ3n) is 4.76. The predicted molar refractivity (Wildman–Crippen MR) is 65.1 cm³/mol. The minimum atomic E-state index is -0.971. The van der Waals surface area contributed by atoms with Crippen LogP contribution >= 0.6 is 0 Å². The van der Waals surface area contributed by atoms with Crippen LogP contribution in [0.25, 0.3) is 0 Å². The van der Waals surface area contributed by atoms with E-state index in [0.717, 1.165) is 12.8 Å². The summed E-state index contributed by atoms with van der Waals surface area (Å²) in [4.78, 5) is 37.7. The van der Waals surface area contributed by atoms with Gasteiger partial charge in [-0.05, 0) is 26.2 Å². The number of barbiturate groups is 1. The Kier molecular flexibility index (Phi) is 2.85. The number of nitrogens with zero attached hydrogens (tertiary/aromatic N) is 1. The van der Waals surface area contributed by atoms with Crippen LogP contribution in [-0.2, 0) is 14.3 Å². The van der Waals surface area contributed by atoms with Crippen molar-refractivity contribution >= 4 is 17.8 Å². The van der Waals surface area contributed by atoms with Crippen molar-refractivity contribution in [2.75, 3.05) is 13.2 Å². The third-order valence-corrected chi connectivity index (χ3v) is 4.76. The molecule has 3 aliphatic rings. The van der Waals surface area contributed by atoms with Gasteiger partial charge in [0, 0.05) is 18.6 Å². The van der Waals surface area contributed by atoms with E-state index < -0.39 is 17.4 Å². The summed E-state index contributed by atoms with van der Waals surface area (Å²) >= 11 is 0. The van der Waals surface area contributed by atoms with Gasteiger partial charge >= 0.3 is 6.03 Å². The van der Waals surface area contributed by atoms with Gasteiger partial charge in [0.25, 0.3) is 0 Å². The number of rotatable bonds is 2. The maximum absolute atomic E-state index is 12.6. The fourth-order valence-corrected chi connectivity index (χ4v) is 3.18. The lowest BCUT2D eigenvalue weighted by Crippen LogP contribution is -2.68. The maximum atomic E-state index is 12.6. The lowest BCUT2D eigenvalue weighted by molar-refractivity contribution is -0.159. The molecule has 1 saturated carbocycles. The molecule has 19 heavy (non-hydrogen) atoms. The molecule has 6 heteroatoms. The van der Waals surface area contributed by atoms with Gasteiger partial charge in [-0.25, -0.2) is 4.79 Å². The topological polar surface area (TPSA) is 75.7 Å². The van der Waals surface area contributed by atoms with Gasteiger partial charge in [-0.3, -0.25) is 19.8 Å². The van der Waals surface area contributed by atoms with E-state index in [1.807, 2.05) is 6.92 Å². The second kappa shape index (κ2) is 4.30. The summed E-state index contributed by atoms with van der Waals surface area (Å²) in [7, 11) is 0. The number of ether oxygens (including phenoxy) is 1. The molecule has 0 radical (unpaired) electrons. The quantitative estimate of drug-likeness (QED) is 0.745. The number of hydrogen-bond donors (Lipinski definition) is 1. The summed E-state index contributed by atoms with van der Waals surface area (Å²) in [5, 5.41) is 2.34. The Labute approximate surface area is 111 Å². The number of urea groups is 1. The highest BCUT2D eigenvalue weighted by atomic mass is 16.5. The Bertz CT molecular complexity index is 438. The van der Waals surface area contributed by atoms with Crippen LogP contribution in [0, 0.1) is 11.3 Å². The third kappa shape index (κ3) is 1.69. The number of amides is 4. The van der Waals surface area contributed by atoms with Crippen molar-refractivity contribution in [3.63, 3.8) is 0 Å². The SMILES string of the molecule is CC(C1CCOC1)N1C(=O)NC(=O)C2(CCC2)C1=O. The van der Waals surface area contributed by atoms with Gasteiger partial charge in [-0.2, -0.15) is 0 Å². The normalized spacial score (nSPS) is 31.3. The van der Waals surface area contributed by atoms with Crippen LogP contribution in [0.2, 0.25) is 0 Å². The van der Waals surface area contributed by atoms with Crippen molar-refractivity contribution in [3.05, 3.63) is 0 Å². The molecule has 0 bridgehead atoms. The van der Waals surface area contributed by atoms with Crippen molar-refractivity contribution in [1.29, 1.82) is 0 Å². The monoisotopic (exact) mass is 266 g/mol. The van der Waals surface area contributed by atoms with E-state index in [2.05, 4.69) is 5.32 Å². The smallest absolute Gasteiger partial charge is 0.331 e. The Hall–Kier alpha value is -1.43. The number of carbonyl (C=O) groups excluding carboxylic acids is 3. The van der Waals surface area contributed by atoms with Gasteiger partial charge in [-0.15, -0.1) is 0 Å². The van der Waals surface area contributed by atoms with Crippen LogP contribution < -0.4 is 5.32 Å². The van der Waals surface area contributed by atoms with Crippen LogP contribution in [0.15, 0.2) is 0 Å². The van der Waals surface area contributed by atoms with Crippen molar-refractivity contribution in [3.8, 4) is 0 Å². The van der Waals surface area contributed by atoms with Crippen molar-refractivity contribution in [1.82, 2.24) is 10.2 Å². The molecule has 2 atom stereocenters. The zero-order valence-electron chi connectivity index (χ0n) is 11.0. The van der Waals surface area contributed by atoms with Crippen LogP contribution in [-0.4, -0.2) is 42.0 Å². The largest absolute Gasteiger partial charge is 0.381 e. The highest BCUT2D eigenvalue weighted by Crippen LogP contribution is 2.45. The molecule has 1 spiro atoms. The van der Waals surface area contributed by atoms with E-state index in [4.69, 9.17) is 4.74 Å². The van der Waals surface area contributed by atoms with Crippen molar-refractivity contribution in [2.45, 2.75) is 38.6 Å². The molecule has 1 aliphatic carbocycles. The molecule has 2 aliphatic heterocycles. The molecule has 2 saturated heterocycles. The molecule has 2 heterocycles. The zero-order chi connectivity index (χ0) is 13.6. The Morgan fingerprint density at radius 3 is 2.63 bits per heavy atom. The fourth-order valence-electron chi connectivity index (χ4n) is 3.18. The minimum Gasteiger partial charge on any atom is -0.381 e. The van der Waals surface area contributed by atoms with Crippen LogP contribution in [0.3, 0.4) is 0 Å². The molecule has 3 rings (SSSR count). The molecule has 4 amide bonds. The first-order valence-corrected chi connectivity index (χ1v) is 6.83. The number of carbonyl (C=O) groups is 3. The standard InChI is InChI=1S/C13H18N2O4/c1-8(9-3-6-19-7-9)15-11(17)13(4-2-5-13)10(16)14-12(15)18/h8-9H,2-7H2,1H3,(H,14,16,18). The number of hydrogen-bond acceptors (Lipinski definition) is 4. The molecule has 3 fully saturated rings. The summed E-state index contributed by atoms with van der Waals surface area (Å²) in [5.41, 5.74) is -0.971. The van der Waals surface area contributed by atoms with Crippen LogP contribution in [0.1, 0.15) is 32.6 Å². The number of nitrogens with one attached hydrogen (secondary N) is 1. The van der Waals surface area contributed by atoms with Gasteiger partial charge in [0.15, 0.2) is 0 Å². The molecule has 0 aromatic rings. The van der Waals surface area contributed by atoms with E-state index in [1.54, 1.807) is 0 Å². The molecule has 0 aromatic carbocycles. The number of imide groups is 2. The summed E-state index contributed by atoms with van der Waals surface area (Å²) in [6, 6.07) is -0.799. The van der Waals surface area contributed by atoms with E-state index >= 15 is 0 Å². The minimum absolute atomic E-state index is 0.167. The Morgan fingerprint density at radius 2 is 2.11 bits per heavy atom.